The van der Waals surface area contributed by atoms with E-state index in [1.807, 2.05) is 0 Å². The maximum atomic E-state index is 10.9. The van der Waals surface area contributed by atoms with Crippen LogP contribution in [0.1, 0.15) is 27.2 Å². The number of rotatable bonds is 7. The van der Waals surface area contributed by atoms with Gasteiger partial charge in [-0.15, -0.1) is 0 Å². The molecule has 7 heteroatoms. The van der Waals surface area contributed by atoms with E-state index < -0.39 is 17.8 Å². The predicted octanol–water partition coefficient (Wildman–Crippen LogP) is 0.869. The highest BCUT2D eigenvalue weighted by Gasteiger charge is 2.30. The summed E-state index contributed by atoms with van der Waals surface area (Å²) in [7, 11) is 0. The van der Waals surface area contributed by atoms with E-state index in [2.05, 4.69) is 27.7 Å². The quantitative estimate of drug-likeness (QED) is 0.241. The number of esters is 2. The first kappa shape index (κ1) is 15.7. The fraction of sp³-hybridized carbons (Fsp3) is 0.700. The van der Waals surface area contributed by atoms with E-state index in [0.29, 0.717) is 19.5 Å². The van der Waals surface area contributed by atoms with E-state index in [4.69, 9.17) is 9.47 Å². The van der Waals surface area contributed by atoms with Crippen LogP contribution in [0.3, 0.4) is 0 Å². The van der Waals surface area contributed by atoms with Crippen molar-refractivity contribution < 1.29 is 19.1 Å². The lowest BCUT2D eigenvalue weighted by atomic mass is 10.4. The van der Waals surface area contributed by atoms with Crippen LogP contribution in [0.2, 0.25) is 0 Å². The molecule has 96 valence electrons. The molecule has 0 bridgehead atoms. The van der Waals surface area contributed by atoms with Gasteiger partial charge >= 0.3 is 17.8 Å². The first-order chi connectivity index (χ1) is 7.89. The van der Waals surface area contributed by atoms with Crippen molar-refractivity contribution in [3.8, 4) is 0 Å². The summed E-state index contributed by atoms with van der Waals surface area (Å²) in [5, 5.41) is 5.05. The second-order valence-electron chi connectivity index (χ2n) is 3.39. The molecule has 0 aromatic heterocycles. The average Bonchev–Trinajstić information content (AvgIpc) is 2.14. The SMILES string of the molecule is CC(=O)OC(C)(NCCCN=C=S)OC(C)=O. The van der Waals surface area contributed by atoms with E-state index in [9.17, 15) is 9.59 Å². The standard InChI is InChI=1S/C10H16N2O4S/c1-8(13)15-10(3,16-9(2)14)12-6-4-5-11-7-17/h12H,4-6H2,1-3H3. The van der Waals surface area contributed by atoms with E-state index in [1.165, 1.54) is 20.8 Å². The number of isothiocyanates is 1. The molecule has 0 saturated carbocycles. The van der Waals surface area contributed by atoms with Crippen molar-refractivity contribution in [3.63, 3.8) is 0 Å². The largest absolute Gasteiger partial charge is 0.409 e. The minimum absolute atomic E-state index is 0.456. The predicted molar refractivity (Wildman–Crippen MR) is 64.4 cm³/mol. The van der Waals surface area contributed by atoms with Gasteiger partial charge in [0.1, 0.15) is 0 Å². The molecule has 0 radical (unpaired) electrons. The third kappa shape index (κ3) is 8.50. The van der Waals surface area contributed by atoms with Crippen LogP contribution in [0.5, 0.6) is 0 Å². The molecule has 0 aliphatic carbocycles. The number of carbonyl (C=O) groups excluding carboxylic acids is 2. The molecule has 0 aromatic carbocycles. The molecule has 0 saturated heterocycles. The summed E-state index contributed by atoms with van der Waals surface area (Å²) in [6, 6.07) is 0. The molecule has 0 fully saturated rings. The molecule has 1 N–H and O–H groups in total. The number of carbonyl (C=O) groups is 2. The highest BCUT2D eigenvalue weighted by Crippen LogP contribution is 2.09. The van der Waals surface area contributed by atoms with Gasteiger partial charge in [-0.05, 0) is 18.6 Å². The van der Waals surface area contributed by atoms with Gasteiger partial charge in [-0.2, -0.15) is 0 Å². The molecule has 0 aliphatic heterocycles. The van der Waals surface area contributed by atoms with Crippen molar-refractivity contribution >= 4 is 29.3 Å². The van der Waals surface area contributed by atoms with Crippen LogP contribution in [0.15, 0.2) is 4.99 Å². The van der Waals surface area contributed by atoms with Gasteiger partial charge < -0.3 is 9.47 Å². The number of hydrogen-bond acceptors (Lipinski definition) is 7. The van der Waals surface area contributed by atoms with Gasteiger partial charge in [0.15, 0.2) is 0 Å². The second kappa shape index (κ2) is 7.89. The van der Waals surface area contributed by atoms with E-state index in [-0.39, 0.29) is 0 Å². The molecular weight excluding hydrogens is 244 g/mol. The van der Waals surface area contributed by atoms with Crippen molar-refractivity contribution in [2.24, 2.45) is 4.99 Å². The highest BCUT2D eigenvalue weighted by atomic mass is 32.1. The van der Waals surface area contributed by atoms with Crippen LogP contribution in [-0.2, 0) is 19.1 Å². The van der Waals surface area contributed by atoms with Crippen molar-refractivity contribution in [1.29, 1.82) is 0 Å². The second-order valence-corrected chi connectivity index (χ2v) is 3.57. The number of hydrogen-bond donors (Lipinski definition) is 1. The number of nitrogens with zero attached hydrogens (tertiary/aromatic N) is 1. The summed E-state index contributed by atoms with van der Waals surface area (Å²) in [5.41, 5.74) is 0. The maximum absolute atomic E-state index is 10.9. The average molecular weight is 260 g/mol. The summed E-state index contributed by atoms with van der Waals surface area (Å²) in [5.74, 6) is -2.53. The molecule has 0 unspecified atom stereocenters. The molecule has 0 aliphatic rings. The number of nitrogens with one attached hydrogen (secondary N) is 1. The Morgan fingerprint density at radius 3 is 2.29 bits per heavy atom. The molecule has 0 rings (SSSR count). The van der Waals surface area contributed by atoms with Gasteiger partial charge in [0.2, 0.25) is 0 Å². The zero-order chi connectivity index (χ0) is 13.3. The third-order valence-corrected chi connectivity index (χ3v) is 1.76. The van der Waals surface area contributed by atoms with Crippen molar-refractivity contribution in [1.82, 2.24) is 5.32 Å². The smallest absolute Gasteiger partial charge is 0.315 e. The monoisotopic (exact) mass is 260 g/mol. The summed E-state index contributed by atoms with van der Waals surface area (Å²) in [6.07, 6.45) is 0.655. The van der Waals surface area contributed by atoms with Crippen LogP contribution in [0.25, 0.3) is 0 Å². The number of ether oxygens (including phenoxy) is 2. The van der Waals surface area contributed by atoms with Gasteiger partial charge in [-0.25, -0.2) is 10.3 Å². The molecule has 0 atom stereocenters. The van der Waals surface area contributed by atoms with Crippen LogP contribution >= 0.6 is 12.2 Å². The lowest BCUT2D eigenvalue weighted by molar-refractivity contribution is -0.230. The Morgan fingerprint density at radius 2 is 1.88 bits per heavy atom. The lowest BCUT2D eigenvalue weighted by Gasteiger charge is -2.28. The maximum Gasteiger partial charge on any atom is 0.315 e. The van der Waals surface area contributed by atoms with Crippen LogP contribution in [0, 0.1) is 0 Å². The Morgan fingerprint density at radius 1 is 1.35 bits per heavy atom. The first-order valence-electron chi connectivity index (χ1n) is 5.07. The Hall–Kier alpha value is -1.30. The van der Waals surface area contributed by atoms with Gasteiger partial charge in [-0.3, -0.25) is 9.59 Å². The molecular formula is C10H16N2O4S. The Labute approximate surface area is 105 Å². The molecule has 0 spiro atoms. The van der Waals surface area contributed by atoms with Gasteiger partial charge in [0.25, 0.3) is 0 Å². The van der Waals surface area contributed by atoms with E-state index in [1.54, 1.807) is 0 Å². The fourth-order valence-electron chi connectivity index (χ4n) is 1.16. The van der Waals surface area contributed by atoms with E-state index >= 15 is 0 Å². The topological polar surface area (TPSA) is 77.0 Å². The minimum atomic E-state index is -1.45. The number of aliphatic imine (C=N–C) groups is 1. The van der Waals surface area contributed by atoms with Gasteiger partial charge in [0, 0.05) is 27.3 Å². The Balaban J connectivity index is 4.22. The van der Waals surface area contributed by atoms with Crippen molar-refractivity contribution in [3.05, 3.63) is 0 Å². The van der Waals surface area contributed by atoms with Crippen molar-refractivity contribution in [2.45, 2.75) is 33.1 Å². The highest BCUT2D eigenvalue weighted by molar-refractivity contribution is 7.78. The lowest BCUT2D eigenvalue weighted by Crippen LogP contribution is -2.49. The third-order valence-electron chi connectivity index (χ3n) is 1.63. The first-order valence-corrected chi connectivity index (χ1v) is 5.48. The minimum Gasteiger partial charge on any atom is -0.409 e. The normalized spacial score (nSPS) is 10.3. The number of thiocarbonyl (C=S) groups is 1. The van der Waals surface area contributed by atoms with Gasteiger partial charge in [-0.1, -0.05) is 0 Å². The van der Waals surface area contributed by atoms with E-state index in [0.717, 1.165) is 0 Å². The van der Waals surface area contributed by atoms with Crippen molar-refractivity contribution in [2.75, 3.05) is 13.1 Å². The summed E-state index contributed by atoms with van der Waals surface area (Å²) in [6.45, 7) is 4.89. The molecule has 17 heavy (non-hydrogen) atoms. The Bertz CT molecular complexity index is 310. The van der Waals surface area contributed by atoms with Gasteiger partial charge in [0.05, 0.1) is 11.7 Å². The van der Waals surface area contributed by atoms with Crippen LogP contribution in [0.4, 0.5) is 0 Å². The summed E-state index contributed by atoms with van der Waals surface area (Å²) in [4.78, 5) is 25.5. The van der Waals surface area contributed by atoms with Crippen LogP contribution in [-0.4, -0.2) is 36.1 Å². The zero-order valence-corrected chi connectivity index (χ0v) is 10.9. The molecule has 0 amide bonds. The molecule has 6 nitrogen and oxygen atoms in total. The Kier molecular flexibility index (Phi) is 7.29. The molecule has 0 aromatic rings. The van der Waals surface area contributed by atoms with Crippen LogP contribution < -0.4 is 5.32 Å². The summed E-state index contributed by atoms with van der Waals surface area (Å²) < 4.78 is 9.79. The zero-order valence-electron chi connectivity index (χ0n) is 10.1. The fourth-order valence-corrected chi connectivity index (χ4v) is 1.25. The summed E-state index contributed by atoms with van der Waals surface area (Å²) >= 11 is 4.41. The molecule has 0 heterocycles.